The van der Waals surface area contributed by atoms with Crippen LogP contribution in [0.3, 0.4) is 0 Å². The highest BCUT2D eigenvalue weighted by atomic mass is 79.9. The third-order valence-corrected chi connectivity index (χ3v) is 5.39. The molecule has 0 saturated carbocycles. The molecule has 146 valence electrons. The van der Waals surface area contributed by atoms with Gasteiger partial charge in [-0.1, -0.05) is 48.0 Å². The van der Waals surface area contributed by atoms with Crippen molar-refractivity contribution < 1.29 is 9.21 Å². The molecule has 4 rings (SSSR count). The average Bonchev–Trinajstić information content (AvgIpc) is 3.12. The van der Waals surface area contributed by atoms with Crippen molar-refractivity contribution in [2.24, 2.45) is 0 Å². The highest BCUT2D eigenvalue weighted by Crippen LogP contribution is 2.29. The summed E-state index contributed by atoms with van der Waals surface area (Å²) in [5.41, 5.74) is 5.93. The van der Waals surface area contributed by atoms with E-state index in [1.165, 1.54) is 5.56 Å². The van der Waals surface area contributed by atoms with E-state index in [4.69, 9.17) is 4.42 Å². The van der Waals surface area contributed by atoms with Crippen LogP contribution in [-0.4, -0.2) is 10.9 Å². The predicted molar refractivity (Wildman–Crippen MR) is 120 cm³/mol. The lowest BCUT2D eigenvalue weighted by molar-refractivity contribution is 0.102. The van der Waals surface area contributed by atoms with Crippen LogP contribution < -0.4 is 5.32 Å². The number of hydrogen-bond acceptors (Lipinski definition) is 3. The van der Waals surface area contributed by atoms with Gasteiger partial charge >= 0.3 is 0 Å². The Labute approximate surface area is 178 Å². The molecule has 0 fully saturated rings. The Morgan fingerprint density at radius 2 is 1.90 bits per heavy atom. The number of amides is 1. The lowest BCUT2D eigenvalue weighted by Crippen LogP contribution is -2.12. The van der Waals surface area contributed by atoms with Crippen molar-refractivity contribution in [2.45, 2.75) is 26.7 Å². The van der Waals surface area contributed by atoms with E-state index < -0.39 is 0 Å². The second kappa shape index (κ2) is 7.84. The summed E-state index contributed by atoms with van der Waals surface area (Å²) in [5, 5.41) is 2.99. The van der Waals surface area contributed by atoms with Gasteiger partial charge in [-0.2, -0.15) is 0 Å². The van der Waals surface area contributed by atoms with Crippen LogP contribution in [0.4, 0.5) is 5.69 Å². The zero-order valence-corrected chi connectivity index (χ0v) is 18.1. The number of benzene rings is 3. The predicted octanol–water partition coefficient (Wildman–Crippen LogP) is 6.94. The Balaban J connectivity index is 1.66. The van der Waals surface area contributed by atoms with Crippen LogP contribution in [-0.2, 0) is 0 Å². The number of hydrogen-bond donors (Lipinski definition) is 1. The molecule has 29 heavy (non-hydrogen) atoms. The van der Waals surface area contributed by atoms with Crippen molar-refractivity contribution in [1.82, 2.24) is 4.98 Å². The molecule has 4 nitrogen and oxygen atoms in total. The number of aromatic nitrogens is 1. The maximum atomic E-state index is 12.6. The Morgan fingerprint density at radius 3 is 2.66 bits per heavy atom. The van der Waals surface area contributed by atoms with Crippen molar-refractivity contribution in [1.29, 1.82) is 0 Å². The summed E-state index contributed by atoms with van der Waals surface area (Å²) < 4.78 is 6.82. The first-order valence-corrected chi connectivity index (χ1v) is 10.3. The molecule has 0 aliphatic heterocycles. The summed E-state index contributed by atoms with van der Waals surface area (Å²) >= 11 is 3.40. The normalized spacial score (nSPS) is 11.2. The minimum Gasteiger partial charge on any atom is -0.436 e. The van der Waals surface area contributed by atoms with Gasteiger partial charge in [0.2, 0.25) is 5.89 Å². The molecule has 0 saturated heterocycles. The van der Waals surface area contributed by atoms with Crippen molar-refractivity contribution in [3.63, 3.8) is 0 Å². The molecule has 5 heteroatoms. The molecule has 0 atom stereocenters. The van der Waals surface area contributed by atoms with E-state index >= 15 is 0 Å². The fraction of sp³-hybridized carbons (Fsp3) is 0.167. The van der Waals surface area contributed by atoms with E-state index in [9.17, 15) is 4.79 Å². The van der Waals surface area contributed by atoms with E-state index in [-0.39, 0.29) is 5.91 Å². The Kier molecular flexibility index (Phi) is 5.24. The van der Waals surface area contributed by atoms with Crippen LogP contribution in [0.5, 0.6) is 0 Å². The Morgan fingerprint density at radius 1 is 1.07 bits per heavy atom. The topological polar surface area (TPSA) is 55.1 Å². The minimum atomic E-state index is -0.161. The molecule has 0 spiro atoms. The van der Waals surface area contributed by atoms with Crippen molar-refractivity contribution >= 4 is 38.6 Å². The van der Waals surface area contributed by atoms with Gasteiger partial charge in [0, 0.05) is 21.3 Å². The zero-order chi connectivity index (χ0) is 20.5. The number of aryl methyl sites for hydroxylation is 1. The molecule has 0 radical (unpaired) electrons. The maximum Gasteiger partial charge on any atom is 0.255 e. The number of fused-ring (bicyclic) bond motifs is 1. The van der Waals surface area contributed by atoms with E-state index in [2.05, 4.69) is 52.2 Å². The Bertz CT molecular complexity index is 1210. The highest BCUT2D eigenvalue weighted by molar-refractivity contribution is 9.10. The van der Waals surface area contributed by atoms with Crippen LogP contribution in [0.1, 0.15) is 41.3 Å². The summed E-state index contributed by atoms with van der Waals surface area (Å²) in [5.74, 6) is 0.809. The third kappa shape index (κ3) is 4.10. The largest absolute Gasteiger partial charge is 0.436 e. The molecular formula is C24H21BrN2O2. The molecule has 1 N–H and O–H groups in total. The van der Waals surface area contributed by atoms with Gasteiger partial charge in [-0.05, 0) is 66.4 Å². The van der Waals surface area contributed by atoms with Crippen LogP contribution in [0, 0.1) is 6.92 Å². The molecule has 4 aromatic rings. The van der Waals surface area contributed by atoms with Crippen LogP contribution >= 0.6 is 15.9 Å². The van der Waals surface area contributed by atoms with E-state index in [0.717, 1.165) is 32.4 Å². The maximum absolute atomic E-state index is 12.6. The first-order valence-electron chi connectivity index (χ1n) is 9.49. The van der Waals surface area contributed by atoms with Crippen molar-refractivity contribution in [3.8, 4) is 11.5 Å². The molecule has 0 bridgehead atoms. The molecule has 1 amide bonds. The number of oxazole rings is 1. The number of nitrogens with zero attached hydrogens (tertiary/aromatic N) is 1. The molecule has 1 heterocycles. The first kappa shape index (κ1) is 19.4. The number of rotatable bonds is 4. The fourth-order valence-corrected chi connectivity index (χ4v) is 3.54. The second-order valence-corrected chi connectivity index (χ2v) is 8.31. The molecular weight excluding hydrogens is 428 g/mol. The summed E-state index contributed by atoms with van der Waals surface area (Å²) in [7, 11) is 0. The van der Waals surface area contributed by atoms with Gasteiger partial charge in [0.1, 0.15) is 5.52 Å². The molecule has 3 aromatic carbocycles. The average molecular weight is 449 g/mol. The lowest BCUT2D eigenvalue weighted by Gasteiger charge is -2.10. The van der Waals surface area contributed by atoms with Crippen LogP contribution in [0.15, 0.2) is 69.6 Å². The molecule has 0 unspecified atom stereocenters. The van der Waals surface area contributed by atoms with Gasteiger partial charge in [0.05, 0.1) is 0 Å². The van der Waals surface area contributed by atoms with Crippen molar-refractivity contribution in [2.75, 3.05) is 5.32 Å². The first-order chi connectivity index (χ1) is 13.9. The van der Waals surface area contributed by atoms with Gasteiger partial charge < -0.3 is 9.73 Å². The molecule has 0 aliphatic carbocycles. The summed E-state index contributed by atoms with van der Waals surface area (Å²) in [4.78, 5) is 17.3. The van der Waals surface area contributed by atoms with E-state index in [1.54, 1.807) is 12.1 Å². The summed E-state index contributed by atoms with van der Waals surface area (Å²) in [6.45, 7) is 6.27. The third-order valence-electron chi connectivity index (χ3n) is 4.90. The van der Waals surface area contributed by atoms with Gasteiger partial charge in [-0.25, -0.2) is 4.98 Å². The van der Waals surface area contributed by atoms with E-state index in [1.807, 2.05) is 43.3 Å². The standard InChI is InChI=1S/C24H21BrN2O2/c1-14(2)16-9-10-22-21(12-16)27-24(29-22)18-8-7-15(3)20(13-18)26-23(28)17-5-4-6-19(25)11-17/h4-14H,1-3H3,(H,26,28). The number of carbonyl (C=O) groups excluding carboxylic acids is 1. The van der Waals surface area contributed by atoms with Gasteiger partial charge in [-0.3, -0.25) is 4.79 Å². The summed E-state index contributed by atoms with van der Waals surface area (Å²) in [6, 6.07) is 19.2. The number of halogens is 1. The van der Waals surface area contributed by atoms with Crippen molar-refractivity contribution in [3.05, 3.63) is 81.8 Å². The minimum absolute atomic E-state index is 0.161. The number of anilines is 1. The zero-order valence-electron chi connectivity index (χ0n) is 16.5. The van der Waals surface area contributed by atoms with Gasteiger partial charge in [0.15, 0.2) is 5.58 Å². The SMILES string of the molecule is Cc1ccc(-c2nc3cc(C(C)C)ccc3o2)cc1NC(=O)c1cccc(Br)c1. The number of carbonyl (C=O) groups is 1. The second-order valence-electron chi connectivity index (χ2n) is 7.40. The molecule has 0 aliphatic rings. The fourth-order valence-electron chi connectivity index (χ4n) is 3.14. The monoisotopic (exact) mass is 448 g/mol. The van der Waals surface area contributed by atoms with Gasteiger partial charge in [-0.15, -0.1) is 0 Å². The molecule has 1 aromatic heterocycles. The van der Waals surface area contributed by atoms with E-state index in [0.29, 0.717) is 17.4 Å². The van der Waals surface area contributed by atoms with Crippen LogP contribution in [0.25, 0.3) is 22.6 Å². The van der Waals surface area contributed by atoms with Crippen LogP contribution in [0.2, 0.25) is 0 Å². The smallest absolute Gasteiger partial charge is 0.255 e. The Hall–Kier alpha value is -2.92. The summed E-state index contributed by atoms with van der Waals surface area (Å²) in [6.07, 6.45) is 0. The number of nitrogens with one attached hydrogen (secondary N) is 1. The quantitative estimate of drug-likeness (QED) is 0.367. The highest BCUT2D eigenvalue weighted by Gasteiger charge is 2.13. The lowest BCUT2D eigenvalue weighted by atomic mass is 10.0. The van der Waals surface area contributed by atoms with Gasteiger partial charge in [0.25, 0.3) is 5.91 Å².